The first-order valence-electron chi connectivity index (χ1n) is 13.5. The largest absolute Gasteiger partial charge is 0.316 e. The van der Waals surface area contributed by atoms with Crippen LogP contribution in [0.2, 0.25) is 0 Å². The number of thiophene rings is 1. The Morgan fingerprint density at radius 3 is 2.67 bits per heavy atom. The summed E-state index contributed by atoms with van der Waals surface area (Å²) in [7, 11) is -3.78. The maximum atomic E-state index is 13.8. The average Bonchev–Trinajstić information content (AvgIpc) is 3.65. The minimum absolute atomic E-state index is 0.227. The molecule has 4 heterocycles. The van der Waals surface area contributed by atoms with Gasteiger partial charge in [-0.05, 0) is 69.0 Å². The second kappa shape index (κ2) is 10.7. The molecule has 0 aliphatic carbocycles. The zero-order valence-corrected chi connectivity index (χ0v) is 24.6. The monoisotopic (exact) mass is 580 g/mol. The normalized spacial score (nSPS) is 18.5. The zero-order chi connectivity index (χ0) is 27.1. The van der Waals surface area contributed by atoms with Crippen molar-refractivity contribution in [2.45, 2.75) is 57.0 Å². The number of anilines is 1. The Morgan fingerprint density at radius 1 is 1.10 bits per heavy atom. The fourth-order valence-corrected chi connectivity index (χ4v) is 9.65. The second-order valence-electron chi connectivity index (χ2n) is 10.3. The minimum Gasteiger partial charge on any atom is -0.316 e. The second-order valence-corrected chi connectivity index (χ2v) is 14.3. The van der Waals surface area contributed by atoms with Crippen LogP contribution >= 0.6 is 22.7 Å². The quantitative estimate of drug-likeness (QED) is 0.295. The molecule has 204 valence electrons. The van der Waals surface area contributed by atoms with E-state index < -0.39 is 16.1 Å². The molecule has 1 amide bonds. The van der Waals surface area contributed by atoms with E-state index in [4.69, 9.17) is 4.98 Å². The van der Waals surface area contributed by atoms with Gasteiger partial charge in [0.1, 0.15) is 16.1 Å². The summed E-state index contributed by atoms with van der Waals surface area (Å²) in [6.07, 6.45) is 3.16. The highest BCUT2D eigenvalue weighted by atomic mass is 32.2. The highest BCUT2D eigenvalue weighted by molar-refractivity contribution is 7.89. The molecule has 1 fully saturated rings. The number of rotatable bonds is 7. The number of hydrogen-bond acceptors (Lipinski definition) is 7. The molecule has 4 aromatic rings. The van der Waals surface area contributed by atoms with Crippen LogP contribution in [0, 0.1) is 6.92 Å². The minimum atomic E-state index is -3.78. The Bertz CT molecular complexity index is 1590. The van der Waals surface area contributed by atoms with Gasteiger partial charge < -0.3 is 5.32 Å². The summed E-state index contributed by atoms with van der Waals surface area (Å²) in [5.41, 5.74) is 4.21. The number of aryl methyl sites for hydroxylation is 1. The van der Waals surface area contributed by atoms with Crippen LogP contribution in [0.1, 0.15) is 42.2 Å². The van der Waals surface area contributed by atoms with E-state index >= 15 is 0 Å². The third kappa shape index (κ3) is 5.04. The third-order valence-electron chi connectivity index (χ3n) is 7.55. The predicted molar refractivity (Wildman–Crippen MR) is 159 cm³/mol. The van der Waals surface area contributed by atoms with E-state index in [1.807, 2.05) is 25.1 Å². The number of hydrogen-bond donors (Lipinski definition) is 1. The molecule has 0 saturated carbocycles. The van der Waals surface area contributed by atoms with Gasteiger partial charge in [-0.1, -0.05) is 36.8 Å². The van der Waals surface area contributed by atoms with Gasteiger partial charge in [0.15, 0.2) is 0 Å². The first-order valence-corrected chi connectivity index (χ1v) is 16.5. The van der Waals surface area contributed by atoms with E-state index in [0.717, 1.165) is 63.8 Å². The van der Waals surface area contributed by atoms with Gasteiger partial charge in [0.05, 0.1) is 15.1 Å². The number of thiazole rings is 1. The van der Waals surface area contributed by atoms with Crippen molar-refractivity contribution in [3.8, 4) is 10.6 Å². The fourth-order valence-electron chi connectivity index (χ4n) is 5.59. The molecule has 0 radical (unpaired) electrons. The lowest BCUT2D eigenvalue weighted by atomic mass is 10.0. The molecule has 7 nitrogen and oxygen atoms in total. The molecule has 1 unspecified atom stereocenters. The van der Waals surface area contributed by atoms with Crippen molar-refractivity contribution in [3.63, 3.8) is 0 Å². The van der Waals surface area contributed by atoms with Gasteiger partial charge in [-0.2, -0.15) is 4.31 Å². The maximum absolute atomic E-state index is 13.8. The van der Waals surface area contributed by atoms with Crippen molar-refractivity contribution in [1.29, 1.82) is 0 Å². The van der Waals surface area contributed by atoms with Crippen molar-refractivity contribution in [3.05, 3.63) is 64.5 Å². The lowest BCUT2D eigenvalue weighted by molar-refractivity contribution is -0.119. The summed E-state index contributed by atoms with van der Waals surface area (Å²) >= 11 is 3.26. The Labute approximate surface area is 237 Å². The Morgan fingerprint density at radius 2 is 1.90 bits per heavy atom. The molecule has 39 heavy (non-hydrogen) atoms. The van der Waals surface area contributed by atoms with Crippen molar-refractivity contribution < 1.29 is 13.2 Å². The van der Waals surface area contributed by atoms with Crippen molar-refractivity contribution in [1.82, 2.24) is 14.2 Å². The van der Waals surface area contributed by atoms with Gasteiger partial charge >= 0.3 is 0 Å². The highest BCUT2D eigenvalue weighted by Gasteiger charge is 2.40. The van der Waals surface area contributed by atoms with Crippen LogP contribution in [0.4, 0.5) is 5.00 Å². The van der Waals surface area contributed by atoms with Crippen molar-refractivity contribution >= 4 is 53.8 Å². The molecule has 1 N–H and O–H groups in total. The van der Waals surface area contributed by atoms with Crippen LogP contribution in [-0.4, -0.2) is 54.2 Å². The average molecular weight is 581 g/mol. The number of aromatic nitrogens is 1. The van der Waals surface area contributed by atoms with E-state index in [9.17, 15) is 13.2 Å². The molecule has 1 atom stereocenters. The van der Waals surface area contributed by atoms with Gasteiger partial charge in [-0.15, -0.1) is 22.7 Å². The number of nitrogens with zero attached hydrogens (tertiary/aromatic N) is 3. The predicted octanol–water partition coefficient (Wildman–Crippen LogP) is 5.89. The summed E-state index contributed by atoms with van der Waals surface area (Å²) in [6.45, 7) is 7.34. The summed E-state index contributed by atoms with van der Waals surface area (Å²) in [6, 6.07) is 14.2. The van der Waals surface area contributed by atoms with Gasteiger partial charge in [-0.25, -0.2) is 13.4 Å². The topological polar surface area (TPSA) is 82.6 Å². The number of amides is 1. The molecule has 1 saturated heterocycles. The van der Waals surface area contributed by atoms with Crippen LogP contribution in [0.15, 0.2) is 53.4 Å². The molecule has 2 aromatic carbocycles. The number of fused-ring (bicyclic) bond motifs is 2. The van der Waals surface area contributed by atoms with Crippen LogP contribution in [0.3, 0.4) is 0 Å². The third-order valence-corrected chi connectivity index (χ3v) is 11.7. The number of para-hydroxylation sites is 1. The van der Waals surface area contributed by atoms with E-state index in [1.54, 1.807) is 46.9 Å². The first-order chi connectivity index (χ1) is 18.8. The fraction of sp³-hybridized carbons (Fsp3) is 0.379. The molecule has 6 rings (SSSR count). The number of carbonyl (C=O) groups excluding carboxylic acids is 1. The first kappa shape index (κ1) is 26.6. The molecule has 10 heteroatoms. The molecule has 2 aliphatic heterocycles. The van der Waals surface area contributed by atoms with Crippen molar-refractivity contribution in [2.75, 3.05) is 25.0 Å². The number of nitrogens with one attached hydrogen (secondary N) is 1. The van der Waals surface area contributed by atoms with Crippen LogP contribution in [0.25, 0.3) is 20.8 Å². The summed E-state index contributed by atoms with van der Waals surface area (Å²) < 4.78 is 29.5. The molecular weight excluding hydrogens is 549 g/mol. The Hall–Kier alpha value is -2.63. The highest BCUT2D eigenvalue weighted by Crippen LogP contribution is 2.46. The van der Waals surface area contributed by atoms with E-state index in [1.165, 1.54) is 14.7 Å². The lowest BCUT2D eigenvalue weighted by Gasteiger charge is -2.26. The van der Waals surface area contributed by atoms with Crippen molar-refractivity contribution in [2.24, 2.45) is 0 Å². The summed E-state index contributed by atoms with van der Waals surface area (Å²) in [4.78, 5) is 22.6. The van der Waals surface area contributed by atoms with Crippen LogP contribution in [0.5, 0.6) is 0 Å². The number of sulfonamides is 1. The smallest absolute Gasteiger partial charge is 0.243 e. The van der Waals surface area contributed by atoms with Gasteiger partial charge in [0.25, 0.3) is 0 Å². The maximum Gasteiger partial charge on any atom is 0.243 e. The number of benzene rings is 2. The Balaban J connectivity index is 1.34. The SMILES string of the molecule is CCCN1CCc2c(sc(NC(=O)C3CCCN3S(=O)(=O)c3ccc(C)cc3)c2-c2nc3ccccc3s2)C1. The van der Waals surface area contributed by atoms with E-state index in [-0.39, 0.29) is 10.8 Å². The molecule has 2 aliphatic rings. The molecule has 0 bridgehead atoms. The van der Waals surface area contributed by atoms with Gasteiger partial charge in [-0.3, -0.25) is 9.69 Å². The van der Waals surface area contributed by atoms with E-state index in [2.05, 4.69) is 23.2 Å². The Kier molecular flexibility index (Phi) is 7.32. The number of carbonyl (C=O) groups is 1. The zero-order valence-electron chi connectivity index (χ0n) is 22.1. The standard InChI is InChI=1S/C29H32N4O3S3/c1-3-15-32-17-14-21-25(18-32)38-29(26(21)28-30-22-7-4-5-9-24(22)37-28)31-27(34)23-8-6-16-33(23)39(35,36)20-12-10-19(2)11-13-20/h4-5,7,9-13,23H,3,6,8,14-18H2,1-2H3,(H,31,34). The molecule has 0 spiro atoms. The van der Waals surface area contributed by atoms with Gasteiger partial charge in [0.2, 0.25) is 15.9 Å². The van der Waals surface area contributed by atoms with Crippen LogP contribution < -0.4 is 5.32 Å². The van der Waals surface area contributed by atoms with Crippen LogP contribution in [-0.2, 0) is 27.8 Å². The summed E-state index contributed by atoms with van der Waals surface area (Å²) in [5.74, 6) is -0.269. The van der Waals surface area contributed by atoms with Gasteiger partial charge in [0, 0.05) is 30.1 Å². The summed E-state index contributed by atoms with van der Waals surface area (Å²) in [5, 5.41) is 4.87. The lowest BCUT2D eigenvalue weighted by Crippen LogP contribution is -2.43. The molecule has 2 aromatic heterocycles. The van der Waals surface area contributed by atoms with E-state index in [0.29, 0.717) is 19.4 Å². The molecular formula is C29H32N4O3S3.